The van der Waals surface area contributed by atoms with E-state index in [0.29, 0.717) is 38.5 Å². The number of fused-ring (bicyclic) bond motifs is 1. The Morgan fingerprint density at radius 3 is 2.27 bits per heavy atom. The van der Waals surface area contributed by atoms with Gasteiger partial charge in [-0.1, -0.05) is 12.1 Å². The Kier molecular flexibility index (Phi) is 7.72. The molecule has 0 saturated carbocycles. The number of alkyl halides is 2. The van der Waals surface area contributed by atoms with Crippen molar-refractivity contribution < 1.29 is 21.8 Å². The fourth-order valence-corrected chi connectivity index (χ4v) is 5.28. The standard InChI is InChI=1S/C30H24F4N4O2S/c1-16(37-26-8-7-19(31)10-25(26)28(33)34)22-11-20(32)12-24-23(22)13-27(38(2)30(24)39)18-14-35-29(36-15-18)17-5-4-6-21(9-17)41(3)40/h4-16,28,37H,1-3H3/t16-,41?/m1/s1. The van der Waals surface area contributed by atoms with Crippen LogP contribution in [0.4, 0.5) is 23.2 Å². The van der Waals surface area contributed by atoms with Gasteiger partial charge in [-0.15, -0.1) is 0 Å². The molecule has 3 aromatic carbocycles. The van der Waals surface area contributed by atoms with Crippen LogP contribution in [-0.4, -0.2) is 25.0 Å². The summed E-state index contributed by atoms with van der Waals surface area (Å²) in [5, 5.41) is 3.43. The van der Waals surface area contributed by atoms with Crippen molar-refractivity contribution in [1.82, 2.24) is 14.5 Å². The Bertz CT molecular complexity index is 1860. The SMILES string of the molecule is C[C@@H](Nc1ccc(F)cc1C(F)F)c1cc(F)cc2c(=O)n(C)c(-c3cnc(-c4cccc(S(C)=O)c4)nc3)cc12. The summed E-state index contributed by atoms with van der Waals surface area (Å²) in [5.41, 5.74) is 0.997. The molecule has 0 aliphatic rings. The third-order valence-corrected chi connectivity index (χ3v) is 7.73. The molecule has 0 spiro atoms. The van der Waals surface area contributed by atoms with E-state index in [-0.39, 0.29) is 11.1 Å². The highest BCUT2D eigenvalue weighted by Crippen LogP contribution is 2.34. The molecule has 5 rings (SSSR count). The van der Waals surface area contributed by atoms with Crippen molar-refractivity contribution in [3.63, 3.8) is 0 Å². The van der Waals surface area contributed by atoms with Gasteiger partial charge in [-0.05, 0) is 66.4 Å². The fraction of sp³-hybridized carbons (Fsp3) is 0.167. The lowest BCUT2D eigenvalue weighted by atomic mass is 9.98. The second-order valence-electron chi connectivity index (χ2n) is 9.53. The molecule has 2 atom stereocenters. The monoisotopic (exact) mass is 580 g/mol. The maximum Gasteiger partial charge on any atom is 0.265 e. The molecule has 0 aliphatic carbocycles. The Hall–Kier alpha value is -4.38. The van der Waals surface area contributed by atoms with Crippen LogP contribution in [0.5, 0.6) is 0 Å². The molecule has 0 fully saturated rings. The van der Waals surface area contributed by atoms with Crippen LogP contribution in [0.3, 0.4) is 0 Å². The molecular formula is C30H24F4N4O2S. The predicted octanol–water partition coefficient (Wildman–Crippen LogP) is 6.79. The van der Waals surface area contributed by atoms with Crippen LogP contribution in [0.1, 0.15) is 30.5 Å². The Morgan fingerprint density at radius 1 is 0.878 bits per heavy atom. The first-order valence-electron chi connectivity index (χ1n) is 12.5. The summed E-state index contributed by atoms with van der Waals surface area (Å²) in [6.07, 6.45) is 1.75. The third kappa shape index (κ3) is 5.62. The minimum atomic E-state index is -2.93. The number of benzene rings is 3. The summed E-state index contributed by atoms with van der Waals surface area (Å²) in [5.74, 6) is -1.06. The average molecular weight is 581 g/mol. The molecule has 2 heterocycles. The van der Waals surface area contributed by atoms with Gasteiger partial charge in [0.05, 0.1) is 11.1 Å². The van der Waals surface area contributed by atoms with Gasteiger partial charge in [-0.2, -0.15) is 0 Å². The number of halogens is 4. The van der Waals surface area contributed by atoms with Crippen LogP contribution in [-0.2, 0) is 17.8 Å². The first-order valence-corrected chi connectivity index (χ1v) is 14.0. The van der Waals surface area contributed by atoms with Gasteiger partial charge in [0, 0.05) is 69.8 Å². The number of anilines is 1. The maximum atomic E-state index is 14.7. The van der Waals surface area contributed by atoms with E-state index in [9.17, 15) is 26.6 Å². The Morgan fingerprint density at radius 2 is 1.59 bits per heavy atom. The molecular weight excluding hydrogens is 556 g/mol. The average Bonchev–Trinajstić information content (AvgIpc) is 2.95. The van der Waals surface area contributed by atoms with E-state index >= 15 is 0 Å². The number of rotatable bonds is 7. The summed E-state index contributed by atoms with van der Waals surface area (Å²) in [6.45, 7) is 1.64. The van der Waals surface area contributed by atoms with Crippen LogP contribution in [0.15, 0.2) is 82.7 Å². The molecule has 0 bridgehead atoms. The van der Waals surface area contributed by atoms with Crippen molar-refractivity contribution in [3.05, 3.63) is 106 Å². The van der Waals surface area contributed by atoms with Crippen LogP contribution < -0.4 is 10.9 Å². The van der Waals surface area contributed by atoms with Crippen molar-refractivity contribution in [2.75, 3.05) is 11.6 Å². The van der Waals surface area contributed by atoms with E-state index < -0.39 is 46.0 Å². The van der Waals surface area contributed by atoms with Crippen molar-refractivity contribution >= 4 is 27.3 Å². The quantitative estimate of drug-likeness (QED) is 0.215. The molecule has 1 N–H and O–H groups in total. The minimum absolute atomic E-state index is 0.00432. The lowest BCUT2D eigenvalue weighted by Gasteiger charge is -2.21. The van der Waals surface area contributed by atoms with Crippen molar-refractivity contribution in [2.45, 2.75) is 24.3 Å². The topological polar surface area (TPSA) is 76.9 Å². The van der Waals surface area contributed by atoms with Crippen LogP contribution >= 0.6 is 0 Å². The van der Waals surface area contributed by atoms with Crippen molar-refractivity contribution in [1.29, 1.82) is 0 Å². The summed E-state index contributed by atoms with van der Waals surface area (Å²) in [4.78, 5) is 22.9. The fourth-order valence-electron chi connectivity index (χ4n) is 4.72. The van der Waals surface area contributed by atoms with E-state index in [1.165, 1.54) is 16.7 Å². The zero-order valence-corrected chi connectivity index (χ0v) is 23.0. The first kappa shape index (κ1) is 28.2. The van der Waals surface area contributed by atoms with Gasteiger partial charge in [0.1, 0.15) is 11.6 Å². The zero-order chi connectivity index (χ0) is 29.4. The number of nitrogens with one attached hydrogen (secondary N) is 1. The molecule has 0 amide bonds. The van der Waals surface area contributed by atoms with E-state index in [1.54, 1.807) is 63.0 Å². The minimum Gasteiger partial charge on any atom is -0.378 e. The second-order valence-corrected chi connectivity index (χ2v) is 10.9. The van der Waals surface area contributed by atoms with Gasteiger partial charge in [0.2, 0.25) is 0 Å². The normalized spacial score (nSPS) is 13.0. The molecule has 11 heteroatoms. The smallest absolute Gasteiger partial charge is 0.265 e. The number of nitrogens with zero attached hydrogens (tertiary/aromatic N) is 3. The number of aromatic nitrogens is 3. The van der Waals surface area contributed by atoms with Crippen LogP contribution in [0.2, 0.25) is 0 Å². The summed E-state index contributed by atoms with van der Waals surface area (Å²) in [7, 11) is 0.375. The molecule has 6 nitrogen and oxygen atoms in total. The molecule has 0 saturated heterocycles. The number of pyridine rings is 1. The van der Waals surface area contributed by atoms with Crippen molar-refractivity contribution in [2.24, 2.45) is 7.05 Å². The van der Waals surface area contributed by atoms with E-state index in [0.717, 1.165) is 18.2 Å². The lowest BCUT2D eigenvalue weighted by Crippen LogP contribution is -2.20. The molecule has 0 radical (unpaired) electrons. The maximum absolute atomic E-state index is 14.7. The lowest BCUT2D eigenvalue weighted by molar-refractivity contribution is 0.151. The Labute approximate surface area is 235 Å². The number of hydrogen-bond acceptors (Lipinski definition) is 5. The molecule has 210 valence electrons. The predicted molar refractivity (Wildman–Crippen MR) is 151 cm³/mol. The van der Waals surface area contributed by atoms with E-state index in [2.05, 4.69) is 15.3 Å². The van der Waals surface area contributed by atoms with Gasteiger partial charge in [0.25, 0.3) is 12.0 Å². The zero-order valence-electron chi connectivity index (χ0n) is 22.2. The van der Waals surface area contributed by atoms with Crippen LogP contribution in [0.25, 0.3) is 33.4 Å². The first-order chi connectivity index (χ1) is 19.5. The van der Waals surface area contributed by atoms with Gasteiger partial charge in [-0.25, -0.2) is 27.5 Å². The highest BCUT2D eigenvalue weighted by atomic mass is 32.2. The third-order valence-electron chi connectivity index (χ3n) is 6.81. The summed E-state index contributed by atoms with van der Waals surface area (Å²) in [6, 6.07) is 13.4. The highest BCUT2D eigenvalue weighted by Gasteiger charge is 2.20. The van der Waals surface area contributed by atoms with Crippen molar-refractivity contribution in [3.8, 4) is 22.6 Å². The van der Waals surface area contributed by atoms with Gasteiger partial charge in [-0.3, -0.25) is 9.00 Å². The van der Waals surface area contributed by atoms with Gasteiger partial charge < -0.3 is 9.88 Å². The van der Waals surface area contributed by atoms with E-state index in [4.69, 9.17) is 0 Å². The van der Waals surface area contributed by atoms with Gasteiger partial charge >= 0.3 is 0 Å². The second kappa shape index (κ2) is 11.2. The summed E-state index contributed by atoms with van der Waals surface area (Å²) < 4.78 is 68.7. The highest BCUT2D eigenvalue weighted by molar-refractivity contribution is 7.84. The summed E-state index contributed by atoms with van der Waals surface area (Å²) >= 11 is 0. The molecule has 5 aromatic rings. The van der Waals surface area contributed by atoms with E-state index in [1.807, 2.05) is 0 Å². The Balaban J connectivity index is 1.58. The molecule has 1 unspecified atom stereocenters. The molecule has 0 aliphatic heterocycles. The number of hydrogen-bond donors (Lipinski definition) is 1. The van der Waals surface area contributed by atoms with Crippen LogP contribution in [0, 0.1) is 11.6 Å². The van der Waals surface area contributed by atoms with Gasteiger partial charge in [0.15, 0.2) is 5.82 Å². The molecule has 41 heavy (non-hydrogen) atoms. The molecule has 2 aromatic heterocycles. The largest absolute Gasteiger partial charge is 0.378 e.